The van der Waals surface area contributed by atoms with Crippen LogP contribution in [0.15, 0.2) is 41.0 Å². The molecule has 9 nitrogen and oxygen atoms in total. The Labute approximate surface area is 241 Å². The minimum atomic E-state index is -1.33. The number of carbonyl (C=O) groups excluding carboxylic acids is 3. The number of alkyl halides is 1. The molecule has 1 aromatic carbocycles. The lowest BCUT2D eigenvalue weighted by Gasteiger charge is -2.23. The Kier molecular flexibility index (Phi) is 7.22. The average molecular weight is 626 g/mol. The van der Waals surface area contributed by atoms with Crippen molar-refractivity contribution >= 4 is 61.6 Å². The summed E-state index contributed by atoms with van der Waals surface area (Å²) in [6.45, 7) is 1.01. The summed E-state index contributed by atoms with van der Waals surface area (Å²) in [6, 6.07) is 9.72. The monoisotopic (exact) mass is 624 g/mol. The van der Waals surface area contributed by atoms with Gasteiger partial charge < -0.3 is 10.2 Å². The molecule has 3 aromatic heterocycles. The van der Waals surface area contributed by atoms with E-state index in [1.54, 1.807) is 29.5 Å². The second-order valence-electron chi connectivity index (χ2n) is 10.1. The van der Waals surface area contributed by atoms with Crippen LogP contribution in [-0.2, 0) is 29.0 Å². The summed E-state index contributed by atoms with van der Waals surface area (Å²) in [5, 5.41) is 8.67. The van der Waals surface area contributed by atoms with Gasteiger partial charge in [0.25, 0.3) is 0 Å². The van der Waals surface area contributed by atoms with Crippen LogP contribution in [0, 0.1) is 0 Å². The van der Waals surface area contributed by atoms with Crippen molar-refractivity contribution in [2.75, 3.05) is 11.9 Å². The van der Waals surface area contributed by atoms with Crippen molar-refractivity contribution in [3.8, 4) is 10.6 Å². The molecule has 4 heterocycles. The van der Waals surface area contributed by atoms with Crippen LogP contribution in [0.2, 0.25) is 0 Å². The van der Waals surface area contributed by atoms with Crippen LogP contribution in [0.25, 0.3) is 21.5 Å². The predicted octanol–water partition coefficient (Wildman–Crippen LogP) is 4.98. The van der Waals surface area contributed by atoms with Gasteiger partial charge in [0.05, 0.1) is 17.8 Å². The number of aromatic nitrogens is 4. The number of hydrogen-bond acceptors (Lipinski definition) is 7. The van der Waals surface area contributed by atoms with Gasteiger partial charge in [-0.05, 0) is 71.9 Å². The number of anilines is 1. The summed E-state index contributed by atoms with van der Waals surface area (Å²) in [5.41, 5.74) is 2.92. The molecule has 1 aliphatic carbocycles. The highest BCUT2D eigenvalue weighted by molar-refractivity contribution is 9.10. The zero-order valence-corrected chi connectivity index (χ0v) is 24.1. The van der Waals surface area contributed by atoms with Gasteiger partial charge in [0, 0.05) is 29.2 Å². The SMILES string of the molecule is CC(=O)c1nn(CC(=O)N2C[C@H](F)CC2C(=O)Nc2cccc(Br)n2)c2ccc(-c3nc4c(s3)CCCC4)cc12. The average Bonchev–Trinajstić information content (AvgIpc) is 3.63. The number of thiazole rings is 1. The number of Topliss-reactive ketones (excluding diaryl/α,β-unsaturated/α-hetero) is 1. The van der Waals surface area contributed by atoms with Crippen LogP contribution in [0.5, 0.6) is 0 Å². The molecule has 1 aliphatic heterocycles. The van der Waals surface area contributed by atoms with Crippen molar-refractivity contribution in [1.82, 2.24) is 24.6 Å². The van der Waals surface area contributed by atoms with Crippen LogP contribution in [0.3, 0.4) is 0 Å². The molecule has 2 amide bonds. The number of aryl methyl sites for hydroxylation is 2. The smallest absolute Gasteiger partial charge is 0.248 e. The number of hydrogen-bond donors (Lipinski definition) is 1. The van der Waals surface area contributed by atoms with Crippen LogP contribution >= 0.6 is 27.3 Å². The van der Waals surface area contributed by atoms with E-state index >= 15 is 0 Å². The number of carbonyl (C=O) groups is 3. The van der Waals surface area contributed by atoms with Gasteiger partial charge in [0.15, 0.2) is 5.78 Å². The third-order valence-corrected chi connectivity index (χ3v) is 8.95. The van der Waals surface area contributed by atoms with E-state index in [1.807, 2.05) is 18.2 Å². The van der Waals surface area contributed by atoms with Gasteiger partial charge >= 0.3 is 0 Å². The third kappa shape index (κ3) is 5.17. The third-order valence-electron chi connectivity index (χ3n) is 7.30. The number of halogens is 2. The van der Waals surface area contributed by atoms with E-state index < -0.39 is 24.0 Å². The number of rotatable bonds is 6. The number of ketones is 1. The maximum atomic E-state index is 14.5. The molecule has 2 aliphatic rings. The number of pyridine rings is 1. The minimum Gasteiger partial charge on any atom is -0.326 e. The summed E-state index contributed by atoms with van der Waals surface area (Å²) in [5.74, 6) is -0.894. The lowest BCUT2D eigenvalue weighted by Crippen LogP contribution is -2.44. The topological polar surface area (TPSA) is 110 Å². The van der Waals surface area contributed by atoms with E-state index in [4.69, 9.17) is 4.98 Å². The second-order valence-corrected chi connectivity index (χ2v) is 12.0. The second kappa shape index (κ2) is 10.8. The Morgan fingerprint density at radius 1 is 1.15 bits per heavy atom. The highest BCUT2D eigenvalue weighted by atomic mass is 79.9. The fourth-order valence-corrected chi connectivity index (χ4v) is 6.87. The number of nitrogens with zero attached hydrogens (tertiary/aromatic N) is 5. The molecule has 0 bridgehead atoms. The fraction of sp³-hybridized carbons (Fsp3) is 0.357. The molecule has 1 unspecified atom stereocenters. The van der Waals surface area contributed by atoms with E-state index in [1.165, 1.54) is 27.8 Å². The molecule has 0 spiro atoms. The van der Waals surface area contributed by atoms with Crippen molar-refractivity contribution in [2.24, 2.45) is 0 Å². The first-order valence-corrected chi connectivity index (χ1v) is 14.7. The highest BCUT2D eigenvalue weighted by Gasteiger charge is 2.40. The fourth-order valence-electron chi connectivity index (χ4n) is 5.38. The predicted molar refractivity (Wildman–Crippen MR) is 153 cm³/mol. The molecule has 0 radical (unpaired) electrons. The summed E-state index contributed by atoms with van der Waals surface area (Å²) in [6.07, 6.45) is 2.92. The van der Waals surface area contributed by atoms with Gasteiger partial charge in [-0.1, -0.05) is 6.07 Å². The minimum absolute atomic E-state index is 0.106. The Morgan fingerprint density at radius 3 is 2.75 bits per heavy atom. The van der Waals surface area contributed by atoms with Gasteiger partial charge in [-0.2, -0.15) is 5.10 Å². The summed E-state index contributed by atoms with van der Waals surface area (Å²) >= 11 is 4.94. The van der Waals surface area contributed by atoms with Crippen molar-refractivity contribution in [2.45, 2.75) is 57.8 Å². The van der Waals surface area contributed by atoms with E-state index in [9.17, 15) is 18.8 Å². The van der Waals surface area contributed by atoms with Crippen molar-refractivity contribution in [3.63, 3.8) is 0 Å². The Morgan fingerprint density at radius 2 is 1.98 bits per heavy atom. The molecular weight excluding hydrogens is 599 g/mol. The molecule has 0 saturated carbocycles. The number of likely N-dealkylation sites (tertiary alicyclic amines) is 1. The number of nitrogens with one attached hydrogen (secondary N) is 1. The summed E-state index contributed by atoms with van der Waals surface area (Å²) in [7, 11) is 0. The first-order chi connectivity index (χ1) is 19.3. The largest absolute Gasteiger partial charge is 0.326 e. The van der Waals surface area contributed by atoms with Crippen molar-refractivity contribution in [1.29, 1.82) is 0 Å². The molecule has 1 N–H and O–H groups in total. The van der Waals surface area contributed by atoms with Gasteiger partial charge in [0.1, 0.15) is 39.9 Å². The maximum Gasteiger partial charge on any atom is 0.248 e. The standard InChI is InChI=1S/C28H26BrFN6O3S/c1-15(37)26-18-11-16(28-31-19-5-2-3-6-22(19)40-28)9-10-20(18)36(34-26)14-25(38)35-13-17(30)12-21(35)27(39)33-24-8-4-7-23(29)32-24/h4,7-11,17,21H,2-3,5-6,12-14H2,1H3,(H,32,33,39)/t17-,21?/m1/s1. The molecule has 12 heteroatoms. The van der Waals surface area contributed by atoms with Crippen LogP contribution < -0.4 is 5.32 Å². The molecular formula is C28H26BrFN6O3S. The lowest BCUT2D eigenvalue weighted by molar-refractivity contribution is -0.137. The maximum absolute atomic E-state index is 14.5. The molecule has 206 valence electrons. The van der Waals surface area contributed by atoms with Gasteiger partial charge in [-0.15, -0.1) is 11.3 Å². The van der Waals surface area contributed by atoms with E-state index in [0.717, 1.165) is 35.5 Å². The summed E-state index contributed by atoms with van der Waals surface area (Å²) in [4.78, 5) is 50.5. The Bertz CT molecular complexity index is 1630. The van der Waals surface area contributed by atoms with Crippen molar-refractivity contribution < 1.29 is 18.8 Å². The molecule has 2 atom stereocenters. The summed E-state index contributed by atoms with van der Waals surface area (Å²) < 4.78 is 16.5. The molecule has 40 heavy (non-hydrogen) atoms. The highest BCUT2D eigenvalue weighted by Crippen LogP contribution is 2.35. The van der Waals surface area contributed by atoms with Crippen molar-refractivity contribution in [3.05, 3.63) is 57.3 Å². The van der Waals surface area contributed by atoms with E-state index in [2.05, 4.69) is 31.3 Å². The van der Waals surface area contributed by atoms with Gasteiger partial charge in [0.2, 0.25) is 11.8 Å². The first-order valence-electron chi connectivity index (χ1n) is 13.1. The Balaban J connectivity index is 1.26. The quantitative estimate of drug-likeness (QED) is 0.239. The number of benzene rings is 1. The molecule has 4 aromatic rings. The zero-order chi connectivity index (χ0) is 28.0. The van der Waals surface area contributed by atoms with Crippen LogP contribution in [0.1, 0.15) is 47.2 Å². The Hall–Kier alpha value is -3.51. The van der Waals surface area contributed by atoms with E-state index in [-0.39, 0.29) is 31.0 Å². The number of amides is 2. The molecule has 1 fully saturated rings. The lowest BCUT2D eigenvalue weighted by atomic mass is 10.0. The van der Waals surface area contributed by atoms with E-state index in [0.29, 0.717) is 21.3 Å². The van der Waals surface area contributed by atoms with Crippen LogP contribution in [0.4, 0.5) is 10.2 Å². The van der Waals surface area contributed by atoms with Crippen LogP contribution in [-0.4, -0.2) is 61.0 Å². The number of fused-ring (bicyclic) bond motifs is 2. The normalized spacial score (nSPS) is 18.6. The molecule has 1 saturated heterocycles. The molecule has 6 rings (SSSR count). The zero-order valence-electron chi connectivity index (χ0n) is 21.7. The first kappa shape index (κ1) is 26.7. The van der Waals surface area contributed by atoms with Gasteiger partial charge in [-0.25, -0.2) is 14.4 Å². The van der Waals surface area contributed by atoms with Gasteiger partial charge in [-0.3, -0.25) is 19.1 Å².